The molecule has 2 rings (SSSR count). The number of aryl methyl sites for hydroxylation is 1. The van der Waals surface area contributed by atoms with Gasteiger partial charge >= 0.3 is 6.11 Å². The molecule has 0 atom stereocenters. The summed E-state index contributed by atoms with van der Waals surface area (Å²) in [5, 5.41) is 0. The van der Waals surface area contributed by atoms with Gasteiger partial charge in [-0.25, -0.2) is 13.2 Å². The highest BCUT2D eigenvalue weighted by molar-refractivity contribution is 5.34. The summed E-state index contributed by atoms with van der Waals surface area (Å²) in [5.74, 6) is -1.82. The molecule has 0 aliphatic rings. The standard InChI is InChI=1S/C21H21F5O2/c1-2-3-4-5-15-6-8-16(9-7-15)21(25,26)28-17-10-11-19(18(22)14-17)27-13-12-20(23)24/h6-14,20H,2-5H2,1H3. The predicted molar refractivity (Wildman–Crippen MR) is 96.4 cm³/mol. The van der Waals surface area contributed by atoms with E-state index in [2.05, 4.69) is 11.7 Å². The zero-order valence-corrected chi connectivity index (χ0v) is 15.3. The van der Waals surface area contributed by atoms with Gasteiger partial charge in [0.05, 0.1) is 11.8 Å². The molecule has 2 nitrogen and oxygen atoms in total. The van der Waals surface area contributed by atoms with Crippen molar-refractivity contribution < 1.29 is 31.4 Å². The second kappa shape index (κ2) is 10.1. The van der Waals surface area contributed by atoms with Crippen LogP contribution >= 0.6 is 0 Å². The molecule has 0 fully saturated rings. The third kappa shape index (κ3) is 6.55. The molecule has 2 aromatic carbocycles. The van der Waals surface area contributed by atoms with Crippen LogP contribution in [0.2, 0.25) is 0 Å². The summed E-state index contributed by atoms with van der Waals surface area (Å²) in [7, 11) is 0. The molecular formula is C21H21F5O2. The first-order valence-electron chi connectivity index (χ1n) is 8.89. The van der Waals surface area contributed by atoms with Gasteiger partial charge in [0.1, 0.15) is 5.75 Å². The number of benzene rings is 2. The van der Waals surface area contributed by atoms with E-state index in [-0.39, 0.29) is 11.3 Å². The Balaban J connectivity index is 2.03. The fraction of sp³-hybridized carbons (Fsp3) is 0.333. The molecule has 28 heavy (non-hydrogen) atoms. The van der Waals surface area contributed by atoms with Gasteiger partial charge in [0, 0.05) is 12.1 Å². The van der Waals surface area contributed by atoms with E-state index < -0.39 is 24.1 Å². The summed E-state index contributed by atoms with van der Waals surface area (Å²) in [5.41, 5.74) is 0.602. The van der Waals surface area contributed by atoms with Gasteiger partial charge in [-0.2, -0.15) is 8.78 Å². The van der Waals surface area contributed by atoms with Gasteiger partial charge in [-0.15, -0.1) is 0 Å². The Hall–Kier alpha value is -2.57. The van der Waals surface area contributed by atoms with Crippen LogP contribution < -0.4 is 9.47 Å². The average molecular weight is 400 g/mol. The van der Waals surface area contributed by atoms with E-state index in [1.165, 1.54) is 12.1 Å². The highest BCUT2D eigenvalue weighted by Crippen LogP contribution is 2.33. The fourth-order valence-corrected chi connectivity index (χ4v) is 2.46. The lowest BCUT2D eigenvalue weighted by Crippen LogP contribution is -2.21. The molecule has 0 spiro atoms. The van der Waals surface area contributed by atoms with Gasteiger partial charge in [-0.1, -0.05) is 31.9 Å². The summed E-state index contributed by atoms with van der Waals surface area (Å²) in [6.07, 6.45) is -1.41. The molecule has 0 bridgehead atoms. The number of hydrogen-bond donors (Lipinski definition) is 0. The fourth-order valence-electron chi connectivity index (χ4n) is 2.46. The van der Waals surface area contributed by atoms with Crippen LogP contribution in [0.1, 0.15) is 37.3 Å². The summed E-state index contributed by atoms with van der Waals surface area (Å²) >= 11 is 0. The normalized spacial score (nSPS) is 12.0. The Bertz CT molecular complexity index is 773. The van der Waals surface area contributed by atoms with E-state index in [9.17, 15) is 22.0 Å². The first kappa shape index (κ1) is 21.7. The predicted octanol–water partition coefficient (Wildman–Crippen LogP) is 6.84. The molecule has 2 aromatic rings. The number of alkyl halides is 4. The van der Waals surface area contributed by atoms with Crippen LogP contribution in [-0.4, -0.2) is 6.43 Å². The van der Waals surface area contributed by atoms with Gasteiger partial charge in [0.15, 0.2) is 11.6 Å². The number of hydrogen-bond acceptors (Lipinski definition) is 2. The third-order valence-corrected chi connectivity index (χ3v) is 3.93. The number of unbranched alkanes of at least 4 members (excludes halogenated alkanes) is 2. The summed E-state index contributed by atoms with van der Waals surface area (Å²) in [6, 6.07) is 8.60. The maximum absolute atomic E-state index is 14.3. The van der Waals surface area contributed by atoms with E-state index in [1.54, 1.807) is 12.1 Å². The van der Waals surface area contributed by atoms with Crippen LogP contribution in [0.15, 0.2) is 54.8 Å². The van der Waals surface area contributed by atoms with Crippen LogP contribution in [0.25, 0.3) is 0 Å². The van der Waals surface area contributed by atoms with Crippen molar-refractivity contribution in [1.29, 1.82) is 0 Å². The maximum Gasteiger partial charge on any atom is 0.426 e. The van der Waals surface area contributed by atoms with Crippen molar-refractivity contribution in [3.63, 3.8) is 0 Å². The van der Waals surface area contributed by atoms with E-state index in [1.807, 2.05) is 0 Å². The summed E-state index contributed by atoms with van der Waals surface area (Å²) in [6.45, 7) is 2.09. The quantitative estimate of drug-likeness (QED) is 0.247. The van der Waals surface area contributed by atoms with Crippen LogP contribution in [0, 0.1) is 5.82 Å². The van der Waals surface area contributed by atoms with E-state index in [0.717, 1.165) is 43.4 Å². The maximum atomic E-state index is 14.3. The Kier molecular flexibility index (Phi) is 7.84. The number of allylic oxidation sites excluding steroid dienone is 1. The Labute approximate surface area is 160 Å². The molecule has 0 unspecified atom stereocenters. The molecule has 0 radical (unpaired) electrons. The zero-order chi connectivity index (χ0) is 20.6. The first-order chi connectivity index (χ1) is 13.3. The number of halogens is 5. The van der Waals surface area contributed by atoms with Crippen LogP contribution in [0.3, 0.4) is 0 Å². The smallest absolute Gasteiger partial charge is 0.426 e. The topological polar surface area (TPSA) is 18.5 Å². The van der Waals surface area contributed by atoms with E-state index >= 15 is 0 Å². The van der Waals surface area contributed by atoms with Crippen LogP contribution in [-0.2, 0) is 12.5 Å². The molecule has 0 amide bonds. The third-order valence-electron chi connectivity index (χ3n) is 3.93. The molecule has 7 heteroatoms. The first-order valence-corrected chi connectivity index (χ1v) is 8.89. The molecule has 0 aliphatic carbocycles. The van der Waals surface area contributed by atoms with Gasteiger partial charge in [0.2, 0.25) is 0 Å². The lowest BCUT2D eigenvalue weighted by molar-refractivity contribution is -0.185. The van der Waals surface area contributed by atoms with Gasteiger partial charge < -0.3 is 9.47 Å². The molecule has 0 aromatic heterocycles. The van der Waals surface area contributed by atoms with E-state index in [4.69, 9.17) is 4.74 Å². The Morgan fingerprint density at radius 1 is 1.04 bits per heavy atom. The lowest BCUT2D eigenvalue weighted by Gasteiger charge is -2.19. The van der Waals surface area contributed by atoms with Crippen LogP contribution in [0.4, 0.5) is 22.0 Å². The number of rotatable bonds is 10. The average Bonchev–Trinajstić information content (AvgIpc) is 2.64. The van der Waals surface area contributed by atoms with Gasteiger partial charge in [-0.3, -0.25) is 0 Å². The number of ether oxygens (including phenoxy) is 2. The minimum Gasteiger partial charge on any atom is -0.462 e. The van der Waals surface area contributed by atoms with Crippen molar-refractivity contribution in [1.82, 2.24) is 0 Å². The summed E-state index contributed by atoms with van der Waals surface area (Å²) in [4.78, 5) is 0. The molecular weight excluding hydrogens is 379 g/mol. The van der Waals surface area contributed by atoms with Crippen LogP contribution in [0.5, 0.6) is 11.5 Å². The van der Waals surface area contributed by atoms with Crippen molar-refractivity contribution in [2.75, 3.05) is 0 Å². The Morgan fingerprint density at radius 2 is 1.75 bits per heavy atom. The molecule has 0 aliphatic heterocycles. The molecule has 0 saturated heterocycles. The van der Waals surface area contributed by atoms with E-state index in [0.29, 0.717) is 18.4 Å². The van der Waals surface area contributed by atoms with Gasteiger partial charge in [0.25, 0.3) is 6.43 Å². The van der Waals surface area contributed by atoms with Crippen molar-refractivity contribution in [3.05, 3.63) is 71.7 Å². The second-order valence-corrected chi connectivity index (χ2v) is 6.15. The highest BCUT2D eigenvalue weighted by Gasteiger charge is 2.34. The minimum atomic E-state index is -3.66. The molecule has 152 valence electrons. The largest absolute Gasteiger partial charge is 0.462 e. The highest BCUT2D eigenvalue weighted by atomic mass is 19.3. The van der Waals surface area contributed by atoms with Crippen molar-refractivity contribution in [2.45, 2.75) is 45.1 Å². The van der Waals surface area contributed by atoms with Crippen molar-refractivity contribution >= 4 is 0 Å². The SMILES string of the molecule is CCCCCc1ccc(C(F)(F)Oc2ccc(OC=CC(F)F)c(F)c2)cc1. The lowest BCUT2D eigenvalue weighted by atomic mass is 10.1. The monoisotopic (exact) mass is 400 g/mol. The Morgan fingerprint density at radius 3 is 2.36 bits per heavy atom. The second-order valence-electron chi connectivity index (χ2n) is 6.15. The molecule has 0 saturated carbocycles. The van der Waals surface area contributed by atoms with Gasteiger partial charge in [-0.05, 0) is 42.7 Å². The van der Waals surface area contributed by atoms with Crippen molar-refractivity contribution in [2.24, 2.45) is 0 Å². The minimum absolute atomic E-state index is 0.354. The molecule has 0 heterocycles. The summed E-state index contributed by atoms with van der Waals surface area (Å²) < 4.78 is 75.9. The zero-order valence-electron chi connectivity index (χ0n) is 15.3. The van der Waals surface area contributed by atoms with Crippen molar-refractivity contribution in [3.8, 4) is 11.5 Å². The molecule has 0 N–H and O–H groups in total.